The highest BCUT2D eigenvalue weighted by atomic mass is 16.5. The predicted octanol–water partition coefficient (Wildman–Crippen LogP) is 2.73. The van der Waals surface area contributed by atoms with E-state index in [-0.39, 0.29) is 6.10 Å². The Bertz CT molecular complexity index is 540. The molecular weight excluding hydrogens is 244 g/mol. The Morgan fingerprint density at radius 3 is 2.89 bits per heavy atom. The summed E-state index contributed by atoms with van der Waals surface area (Å²) < 4.78 is 10.5. The number of rotatable bonds is 4. The van der Waals surface area contributed by atoms with E-state index in [1.807, 2.05) is 13.0 Å². The van der Waals surface area contributed by atoms with Crippen molar-refractivity contribution in [2.75, 3.05) is 0 Å². The van der Waals surface area contributed by atoms with Crippen LogP contribution in [0.3, 0.4) is 0 Å². The zero-order chi connectivity index (χ0) is 13.2. The summed E-state index contributed by atoms with van der Waals surface area (Å²) in [4.78, 5) is 4.29. The summed E-state index contributed by atoms with van der Waals surface area (Å²) >= 11 is 0. The largest absolute Gasteiger partial charge is 0.461 e. The molecule has 102 valence electrons. The standard InChI is InChI=1S/C14H18N2O3/c1-9-6-7-18-13(9)14-15-12(19-16-14)8-11(17)10-4-2-3-5-10/h6-7,10-11,17H,2-5,8H2,1H3. The van der Waals surface area contributed by atoms with E-state index in [1.165, 1.54) is 12.8 Å². The summed E-state index contributed by atoms with van der Waals surface area (Å²) in [6, 6.07) is 1.86. The SMILES string of the molecule is Cc1ccoc1-c1noc(CC(O)C2CCCC2)n1. The molecule has 0 aromatic carbocycles. The van der Waals surface area contributed by atoms with Crippen molar-refractivity contribution in [1.29, 1.82) is 0 Å². The zero-order valence-electron chi connectivity index (χ0n) is 11.0. The maximum absolute atomic E-state index is 10.1. The highest BCUT2D eigenvalue weighted by molar-refractivity contribution is 5.50. The van der Waals surface area contributed by atoms with Gasteiger partial charge in [0.1, 0.15) is 0 Å². The molecule has 0 bridgehead atoms. The molecule has 2 aromatic heterocycles. The third-order valence-electron chi connectivity index (χ3n) is 3.86. The lowest BCUT2D eigenvalue weighted by atomic mass is 9.98. The first-order chi connectivity index (χ1) is 9.24. The molecule has 0 amide bonds. The van der Waals surface area contributed by atoms with Crippen molar-refractivity contribution in [1.82, 2.24) is 10.1 Å². The van der Waals surface area contributed by atoms with Gasteiger partial charge in [0.05, 0.1) is 18.8 Å². The Hall–Kier alpha value is -1.62. The van der Waals surface area contributed by atoms with Crippen LogP contribution in [0.1, 0.15) is 37.1 Å². The van der Waals surface area contributed by atoms with Crippen molar-refractivity contribution in [3.05, 3.63) is 23.8 Å². The molecule has 3 rings (SSSR count). The molecule has 1 aliphatic carbocycles. The molecule has 1 fully saturated rings. The summed E-state index contributed by atoms with van der Waals surface area (Å²) in [6.45, 7) is 1.93. The maximum atomic E-state index is 10.1. The normalized spacial score (nSPS) is 18.0. The fraction of sp³-hybridized carbons (Fsp3) is 0.571. The minimum Gasteiger partial charge on any atom is -0.461 e. The van der Waals surface area contributed by atoms with Crippen LogP contribution in [-0.2, 0) is 6.42 Å². The van der Waals surface area contributed by atoms with Crippen molar-refractivity contribution in [3.63, 3.8) is 0 Å². The second-order valence-corrected chi connectivity index (χ2v) is 5.26. The summed E-state index contributed by atoms with van der Waals surface area (Å²) in [5.41, 5.74) is 0.976. The molecule has 1 N–H and O–H groups in total. The first kappa shape index (κ1) is 12.4. The van der Waals surface area contributed by atoms with Gasteiger partial charge in [-0.2, -0.15) is 4.98 Å². The molecule has 0 saturated heterocycles. The van der Waals surface area contributed by atoms with Gasteiger partial charge in [0, 0.05) is 0 Å². The Kier molecular flexibility index (Phi) is 3.38. The van der Waals surface area contributed by atoms with Gasteiger partial charge in [0.2, 0.25) is 11.7 Å². The van der Waals surface area contributed by atoms with Gasteiger partial charge in [0.25, 0.3) is 0 Å². The van der Waals surface area contributed by atoms with Crippen LogP contribution in [-0.4, -0.2) is 21.4 Å². The van der Waals surface area contributed by atoms with Gasteiger partial charge in [0.15, 0.2) is 5.76 Å². The Labute approximate surface area is 111 Å². The Balaban J connectivity index is 1.69. The first-order valence-electron chi connectivity index (χ1n) is 6.79. The van der Waals surface area contributed by atoms with E-state index in [1.54, 1.807) is 6.26 Å². The third-order valence-corrected chi connectivity index (χ3v) is 3.86. The number of aliphatic hydroxyl groups excluding tert-OH is 1. The molecule has 1 aliphatic rings. The number of nitrogens with zero attached hydrogens (tertiary/aromatic N) is 2. The van der Waals surface area contributed by atoms with E-state index in [9.17, 15) is 5.11 Å². The lowest BCUT2D eigenvalue weighted by Gasteiger charge is -2.14. The minimum absolute atomic E-state index is 0.376. The Morgan fingerprint density at radius 2 is 2.21 bits per heavy atom. The molecule has 1 unspecified atom stereocenters. The zero-order valence-corrected chi connectivity index (χ0v) is 11.0. The molecule has 1 atom stereocenters. The van der Waals surface area contributed by atoms with Crippen LogP contribution in [0.2, 0.25) is 0 Å². The smallest absolute Gasteiger partial charge is 0.238 e. The summed E-state index contributed by atoms with van der Waals surface area (Å²) in [6.07, 6.45) is 6.27. The monoisotopic (exact) mass is 262 g/mol. The maximum Gasteiger partial charge on any atom is 0.238 e. The Morgan fingerprint density at radius 1 is 1.42 bits per heavy atom. The van der Waals surface area contributed by atoms with Crippen LogP contribution >= 0.6 is 0 Å². The quantitative estimate of drug-likeness (QED) is 0.917. The van der Waals surface area contributed by atoms with Gasteiger partial charge in [-0.15, -0.1) is 0 Å². The van der Waals surface area contributed by atoms with Gasteiger partial charge in [-0.05, 0) is 37.3 Å². The second-order valence-electron chi connectivity index (χ2n) is 5.26. The van der Waals surface area contributed by atoms with Crippen molar-refractivity contribution in [3.8, 4) is 11.6 Å². The minimum atomic E-state index is -0.381. The highest BCUT2D eigenvalue weighted by Crippen LogP contribution is 2.29. The van der Waals surface area contributed by atoms with E-state index < -0.39 is 0 Å². The van der Waals surface area contributed by atoms with Crippen molar-refractivity contribution >= 4 is 0 Å². The summed E-state index contributed by atoms with van der Waals surface area (Å²) in [7, 11) is 0. The number of hydrogen-bond acceptors (Lipinski definition) is 5. The van der Waals surface area contributed by atoms with Crippen LogP contribution < -0.4 is 0 Å². The van der Waals surface area contributed by atoms with E-state index in [4.69, 9.17) is 8.94 Å². The molecule has 2 heterocycles. The third kappa shape index (κ3) is 2.56. The van der Waals surface area contributed by atoms with Crippen molar-refractivity contribution in [2.24, 2.45) is 5.92 Å². The van der Waals surface area contributed by atoms with Crippen LogP contribution in [0.5, 0.6) is 0 Å². The number of aliphatic hydroxyl groups is 1. The molecule has 5 nitrogen and oxygen atoms in total. The number of aryl methyl sites for hydroxylation is 1. The second kappa shape index (κ2) is 5.17. The first-order valence-corrected chi connectivity index (χ1v) is 6.79. The fourth-order valence-corrected chi connectivity index (χ4v) is 2.72. The average molecular weight is 262 g/mol. The molecule has 0 spiro atoms. The van der Waals surface area contributed by atoms with Crippen molar-refractivity contribution in [2.45, 2.75) is 45.1 Å². The number of furan rings is 1. The molecule has 19 heavy (non-hydrogen) atoms. The van der Waals surface area contributed by atoms with E-state index >= 15 is 0 Å². The van der Waals surface area contributed by atoms with E-state index in [0.29, 0.717) is 29.8 Å². The topological polar surface area (TPSA) is 72.3 Å². The predicted molar refractivity (Wildman–Crippen MR) is 68.4 cm³/mol. The fourth-order valence-electron chi connectivity index (χ4n) is 2.72. The molecule has 2 aromatic rings. The molecule has 1 saturated carbocycles. The van der Waals surface area contributed by atoms with Crippen LogP contribution in [0, 0.1) is 12.8 Å². The van der Waals surface area contributed by atoms with Gasteiger partial charge < -0.3 is 14.0 Å². The summed E-state index contributed by atoms with van der Waals surface area (Å²) in [5, 5.41) is 14.1. The molecular formula is C14H18N2O3. The van der Waals surface area contributed by atoms with Crippen LogP contribution in [0.15, 0.2) is 21.3 Å². The molecule has 5 heteroatoms. The number of aromatic nitrogens is 2. The molecule has 0 aliphatic heterocycles. The van der Waals surface area contributed by atoms with Crippen molar-refractivity contribution < 1.29 is 14.0 Å². The van der Waals surface area contributed by atoms with Crippen LogP contribution in [0.25, 0.3) is 11.6 Å². The van der Waals surface area contributed by atoms with Gasteiger partial charge in [-0.25, -0.2) is 0 Å². The summed E-state index contributed by atoms with van der Waals surface area (Å²) in [5.74, 6) is 1.94. The number of hydrogen-bond donors (Lipinski definition) is 1. The highest BCUT2D eigenvalue weighted by Gasteiger charge is 2.25. The van der Waals surface area contributed by atoms with E-state index in [0.717, 1.165) is 18.4 Å². The van der Waals surface area contributed by atoms with Gasteiger partial charge in [-0.3, -0.25) is 0 Å². The van der Waals surface area contributed by atoms with Gasteiger partial charge in [-0.1, -0.05) is 18.0 Å². The lowest BCUT2D eigenvalue weighted by Crippen LogP contribution is -2.20. The average Bonchev–Trinajstić information content (AvgIpc) is 3.08. The lowest BCUT2D eigenvalue weighted by molar-refractivity contribution is 0.102. The van der Waals surface area contributed by atoms with E-state index in [2.05, 4.69) is 10.1 Å². The van der Waals surface area contributed by atoms with Gasteiger partial charge >= 0.3 is 0 Å². The molecule has 0 radical (unpaired) electrons. The van der Waals surface area contributed by atoms with Crippen LogP contribution in [0.4, 0.5) is 0 Å².